The molecule has 0 spiro atoms. The van der Waals surface area contributed by atoms with E-state index in [1.54, 1.807) is 18.4 Å². The van der Waals surface area contributed by atoms with E-state index in [0.717, 1.165) is 0 Å². The molecule has 5 heterocycles. The van der Waals surface area contributed by atoms with Gasteiger partial charge in [-0.05, 0) is 31.9 Å². The molecule has 0 saturated carbocycles. The first kappa shape index (κ1) is 24.6. The van der Waals surface area contributed by atoms with Crippen LogP contribution in [0.15, 0.2) is 31.4 Å². The molecule has 0 aromatic carbocycles. The number of nitrogens with two attached hydrogens (primary N) is 2. The molecule has 192 valence electrons. The van der Waals surface area contributed by atoms with Gasteiger partial charge in [-0.15, -0.1) is 0 Å². The fourth-order valence-electron chi connectivity index (χ4n) is 4.31. The topological polar surface area (TPSA) is 165 Å². The molecule has 0 radical (unpaired) electrons. The van der Waals surface area contributed by atoms with Gasteiger partial charge in [-0.3, -0.25) is 9.36 Å². The van der Waals surface area contributed by atoms with Crippen molar-refractivity contribution in [1.29, 1.82) is 0 Å². The Balaban J connectivity index is 1.26. The molecule has 1 amide bonds. The standard InChI is InChI=1S/C24H25FN8O4/c1-12(26)15-14(25)8-7-13(32-15)6-4-5-9-28-22(34)18-17-19(37-24(2,3)36-17)23(35-18)33-11-31-16-20(27)29-10-30-21(16)33/h7-8,10-11,17-19,23H,1,5,9,26H2,2-3H3,(H,28,34)(H2,27,29,30)/t17-,18+,19-,23-/m1/s1. The number of nitrogens with one attached hydrogen (secondary N) is 1. The van der Waals surface area contributed by atoms with E-state index >= 15 is 0 Å². The van der Waals surface area contributed by atoms with Gasteiger partial charge in [0.25, 0.3) is 5.91 Å². The molecule has 37 heavy (non-hydrogen) atoms. The number of hydrogen-bond donors (Lipinski definition) is 3. The number of rotatable bonds is 5. The molecule has 2 saturated heterocycles. The van der Waals surface area contributed by atoms with Crippen LogP contribution in [-0.2, 0) is 19.0 Å². The third kappa shape index (κ3) is 4.69. The van der Waals surface area contributed by atoms with Gasteiger partial charge in [-0.2, -0.15) is 0 Å². The van der Waals surface area contributed by atoms with Crippen LogP contribution in [0, 0.1) is 17.7 Å². The van der Waals surface area contributed by atoms with Crippen molar-refractivity contribution in [1.82, 2.24) is 29.8 Å². The molecule has 2 aliphatic heterocycles. The Morgan fingerprint density at radius 3 is 2.84 bits per heavy atom. The lowest BCUT2D eigenvalue weighted by molar-refractivity contribution is -0.197. The summed E-state index contributed by atoms with van der Waals surface area (Å²) in [6.45, 7) is 7.29. The summed E-state index contributed by atoms with van der Waals surface area (Å²) in [6.07, 6.45) is 0.258. The van der Waals surface area contributed by atoms with Crippen molar-refractivity contribution in [2.24, 2.45) is 5.73 Å². The second kappa shape index (κ2) is 9.40. The zero-order chi connectivity index (χ0) is 26.3. The molecule has 5 N–H and O–H groups in total. The second-order valence-electron chi connectivity index (χ2n) is 8.99. The maximum absolute atomic E-state index is 13.7. The number of aromatic nitrogens is 5. The largest absolute Gasteiger partial charge is 0.397 e. The summed E-state index contributed by atoms with van der Waals surface area (Å²) >= 11 is 0. The van der Waals surface area contributed by atoms with E-state index in [9.17, 15) is 9.18 Å². The highest BCUT2D eigenvalue weighted by molar-refractivity contribution is 5.83. The third-order valence-corrected chi connectivity index (χ3v) is 5.86. The Bertz CT molecular complexity index is 1450. The van der Waals surface area contributed by atoms with Gasteiger partial charge in [-0.1, -0.05) is 12.5 Å². The summed E-state index contributed by atoms with van der Waals surface area (Å²) in [6, 6.07) is 2.67. The third-order valence-electron chi connectivity index (χ3n) is 5.86. The minimum absolute atomic E-state index is 0.0162. The van der Waals surface area contributed by atoms with Crippen molar-refractivity contribution < 1.29 is 23.4 Å². The molecule has 0 bridgehead atoms. The first-order valence-corrected chi connectivity index (χ1v) is 11.5. The van der Waals surface area contributed by atoms with Crippen molar-refractivity contribution in [3.63, 3.8) is 0 Å². The smallest absolute Gasteiger partial charge is 0.252 e. The van der Waals surface area contributed by atoms with Gasteiger partial charge >= 0.3 is 0 Å². The Morgan fingerprint density at radius 1 is 1.27 bits per heavy atom. The number of nitrogen functional groups attached to an aromatic ring is 1. The lowest BCUT2D eigenvalue weighted by Gasteiger charge is -2.24. The Labute approximate surface area is 211 Å². The molecule has 0 unspecified atom stereocenters. The SMILES string of the molecule is C=C(N)c1nc(C#CCCNC(=O)[C@H]2O[C@@H](n3cnc4c(N)ncnc43)[C@@H]3OC(C)(C)O[C@@H]32)ccc1F. The predicted molar refractivity (Wildman–Crippen MR) is 129 cm³/mol. The minimum atomic E-state index is -0.946. The maximum atomic E-state index is 13.7. The Kier molecular flexibility index (Phi) is 6.24. The van der Waals surface area contributed by atoms with Gasteiger partial charge in [0.05, 0.1) is 12.0 Å². The molecule has 2 fully saturated rings. The van der Waals surface area contributed by atoms with Crippen LogP contribution >= 0.6 is 0 Å². The van der Waals surface area contributed by atoms with E-state index in [2.05, 4.69) is 43.7 Å². The minimum Gasteiger partial charge on any atom is -0.397 e. The van der Waals surface area contributed by atoms with Crippen LogP contribution in [0.2, 0.25) is 0 Å². The van der Waals surface area contributed by atoms with Crippen LogP contribution in [-0.4, -0.2) is 61.1 Å². The quantitative estimate of drug-likeness (QED) is 0.332. The highest BCUT2D eigenvalue weighted by atomic mass is 19.1. The van der Waals surface area contributed by atoms with Gasteiger partial charge in [0.1, 0.15) is 35.4 Å². The number of amides is 1. The van der Waals surface area contributed by atoms with Gasteiger partial charge in [0.15, 0.2) is 35.4 Å². The van der Waals surface area contributed by atoms with Crippen molar-refractivity contribution in [2.45, 2.75) is 50.6 Å². The molecule has 0 aliphatic carbocycles. The summed E-state index contributed by atoms with van der Waals surface area (Å²) in [5.74, 6) is 4.09. The highest BCUT2D eigenvalue weighted by Gasteiger charge is 2.58. The molecular formula is C24H25FN8O4. The van der Waals surface area contributed by atoms with E-state index < -0.39 is 36.1 Å². The summed E-state index contributed by atoms with van der Waals surface area (Å²) in [7, 11) is 0. The number of ether oxygens (including phenoxy) is 3. The average Bonchev–Trinajstić information content (AvgIpc) is 3.50. The predicted octanol–water partition coefficient (Wildman–Crippen LogP) is 0.848. The monoisotopic (exact) mass is 508 g/mol. The highest BCUT2D eigenvalue weighted by Crippen LogP contribution is 2.43. The number of carbonyl (C=O) groups excluding carboxylic acids is 1. The van der Waals surface area contributed by atoms with E-state index in [0.29, 0.717) is 23.3 Å². The van der Waals surface area contributed by atoms with Crippen LogP contribution in [0.4, 0.5) is 10.2 Å². The summed E-state index contributed by atoms with van der Waals surface area (Å²) in [4.78, 5) is 29.6. The van der Waals surface area contributed by atoms with Gasteiger partial charge in [0.2, 0.25) is 0 Å². The number of hydrogen-bond acceptors (Lipinski definition) is 10. The lowest BCUT2D eigenvalue weighted by atomic mass is 10.1. The number of imidazole rings is 1. The lowest BCUT2D eigenvalue weighted by Crippen LogP contribution is -2.43. The normalized spacial score (nSPS) is 23.9. The number of fused-ring (bicyclic) bond motifs is 2. The van der Waals surface area contributed by atoms with Crippen LogP contribution in [0.25, 0.3) is 16.9 Å². The van der Waals surface area contributed by atoms with Crippen molar-refractivity contribution in [3.05, 3.63) is 48.6 Å². The first-order valence-electron chi connectivity index (χ1n) is 11.5. The molecule has 5 rings (SSSR count). The number of anilines is 1. The van der Waals surface area contributed by atoms with Crippen LogP contribution in [0.1, 0.15) is 37.9 Å². The zero-order valence-corrected chi connectivity index (χ0v) is 20.1. The molecule has 2 aliphatic rings. The second-order valence-corrected chi connectivity index (χ2v) is 8.99. The van der Waals surface area contributed by atoms with Crippen molar-refractivity contribution in [2.75, 3.05) is 12.3 Å². The molecule has 3 aromatic heterocycles. The molecule has 3 aromatic rings. The van der Waals surface area contributed by atoms with Crippen molar-refractivity contribution >= 4 is 28.6 Å². The number of pyridine rings is 1. The molecule has 4 atom stereocenters. The fourth-order valence-corrected chi connectivity index (χ4v) is 4.31. The summed E-state index contributed by atoms with van der Waals surface area (Å²) in [5, 5.41) is 2.81. The Hall–Kier alpha value is -4.12. The van der Waals surface area contributed by atoms with E-state index in [4.69, 9.17) is 25.7 Å². The zero-order valence-electron chi connectivity index (χ0n) is 20.1. The molecular weight excluding hydrogens is 483 g/mol. The van der Waals surface area contributed by atoms with Crippen molar-refractivity contribution in [3.8, 4) is 11.8 Å². The molecule has 12 nitrogen and oxygen atoms in total. The number of halogens is 1. The fraction of sp³-hybridized carbons (Fsp3) is 0.375. The van der Waals surface area contributed by atoms with E-state index in [-0.39, 0.29) is 29.7 Å². The Morgan fingerprint density at radius 2 is 2.05 bits per heavy atom. The first-order chi connectivity index (χ1) is 17.6. The van der Waals surface area contributed by atoms with E-state index in [1.165, 1.54) is 24.8 Å². The van der Waals surface area contributed by atoms with Crippen LogP contribution < -0.4 is 16.8 Å². The van der Waals surface area contributed by atoms with Gasteiger partial charge in [0, 0.05) is 13.0 Å². The van der Waals surface area contributed by atoms with Crippen LogP contribution in [0.3, 0.4) is 0 Å². The van der Waals surface area contributed by atoms with Gasteiger partial charge in [-0.25, -0.2) is 24.3 Å². The molecule has 13 heteroatoms. The number of carbonyl (C=O) groups is 1. The summed E-state index contributed by atoms with van der Waals surface area (Å²) < 4.78 is 33.6. The van der Waals surface area contributed by atoms with E-state index in [1.807, 2.05) is 0 Å². The van der Waals surface area contributed by atoms with Gasteiger partial charge < -0.3 is 31.0 Å². The average molecular weight is 509 g/mol. The maximum Gasteiger partial charge on any atom is 0.252 e. The van der Waals surface area contributed by atoms with Crippen LogP contribution in [0.5, 0.6) is 0 Å². The summed E-state index contributed by atoms with van der Waals surface area (Å²) in [5.41, 5.74) is 12.6. The number of nitrogens with zero attached hydrogens (tertiary/aromatic N) is 5.